The van der Waals surface area contributed by atoms with Crippen LogP contribution < -0.4 is 0 Å². The third-order valence-corrected chi connectivity index (χ3v) is 2.36. The predicted molar refractivity (Wildman–Crippen MR) is 59.3 cm³/mol. The molecular formula is C12H18FNO. The number of unbranched alkanes of at least 4 members (excludes halogenated alkanes) is 1. The maximum absolute atomic E-state index is 13.0. The summed E-state index contributed by atoms with van der Waals surface area (Å²) in [4.78, 5) is 2.15. The normalized spacial score (nSPS) is 10.9. The molecule has 3 heteroatoms. The Morgan fingerprint density at radius 3 is 2.73 bits per heavy atom. The van der Waals surface area contributed by atoms with Gasteiger partial charge in [-0.05, 0) is 37.7 Å². The first kappa shape index (κ1) is 12.0. The summed E-state index contributed by atoms with van der Waals surface area (Å²) in [6.07, 6.45) is 2.31. The Morgan fingerprint density at radius 1 is 1.40 bits per heavy atom. The first-order valence-corrected chi connectivity index (χ1v) is 5.29. The number of phenols is 1. The van der Waals surface area contributed by atoms with Crippen molar-refractivity contribution in [1.82, 2.24) is 4.90 Å². The van der Waals surface area contributed by atoms with Crippen molar-refractivity contribution in [3.63, 3.8) is 0 Å². The van der Waals surface area contributed by atoms with E-state index in [1.165, 1.54) is 12.1 Å². The number of rotatable bonds is 5. The summed E-state index contributed by atoms with van der Waals surface area (Å²) >= 11 is 0. The van der Waals surface area contributed by atoms with Gasteiger partial charge in [0.1, 0.15) is 0 Å². The van der Waals surface area contributed by atoms with E-state index in [1.807, 2.05) is 7.05 Å². The zero-order valence-electron chi connectivity index (χ0n) is 9.33. The second-order valence-electron chi connectivity index (χ2n) is 3.88. The van der Waals surface area contributed by atoms with Crippen LogP contribution in [0, 0.1) is 5.82 Å². The molecule has 15 heavy (non-hydrogen) atoms. The van der Waals surface area contributed by atoms with Crippen LogP contribution in [0.4, 0.5) is 4.39 Å². The van der Waals surface area contributed by atoms with Gasteiger partial charge in [-0.25, -0.2) is 4.39 Å². The van der Waals surface area contributed by atoms with E-state index in [-0.39, 0.29) is 5.75 Å². The molecule has 0 spiro atoms. The molecule has 0 heterocycles. The summed E-state index contributed by atoms with van der Waals surface area (Å²) < 4.78 is 13.0. The van der Waals surface area contributed by atoms with E-state index in [4.69, 9.17) is 5.11 Å². The Morgan fingerprint density at radius 2 is 2.13 bits per heavy atom. The molecule has 1 aromatic rings. The number of aromatic hydroxyl groups is 1. The van der Waals surface area contributed by atoms with Crippen molar-refractivity contribution in [1.29, 1.82) is 0 Å². The lowest BCUT2D eigenvalue weighted by atomic mass is 10.2. The average molecular weight is 211 g/mol. The number of hydrogen-bond acceptors (Lipinski definition) is 2. The van der Waals surface area contributed by atoms with Gasteiger partial charge in [-0.2, -0.15) is 0 Å². The monoisotopic (exact) mass is 211 g/mol. The minimum atomic E-state index is -0.545. The minimum Gasteiger partial charge on any atom is -0.505 e. The summed E-state index contributed by atoms with van der Waals surface area (Å²) in [5.41, 5.74) is 0.893. The number of phenolic OH excluding ortho intramolecular Hbond substituents is 1. The predicted octanol–water partition coefficient (Wildman–Crippen LogP) is 2.76. The Labute approximate surface area is 90.3 Å². The van der Waals surface area contributed by atoms with E-state index in [1.54, 1.807) is 6.07 Å². The third kappa shape index (κ3) is 3.88. The quantitative estimate of drug-likeness (QED) is 0.809. The van der Waals surface area contributed by atoms with Gasteiger partial charge in [-0.15, -0.1) is 0 Å². The Bertz CT molecular complexity index is 314. The largest absolute Gasteiger partial charge is 0.505 e. The summed E-state index contributed by atoms with van der Waals surface area (Å²) in [5.74, 6) is -0.827. The average Bonchev–Trinajstić information content (AvgIpc) is 2.20. The van der Waals surface area contributed by atoms with Gasteiger partial charge in [-0.3, -0.25) is 0 Å². The second-order valence-corrected chi connectivity index (χ2v) is 3.88. The van der Waals surface area contributed by atoms with Crippen molar-refractivity contribution in [3.05, 3.63) is 29.6 Å². The van der Waals surface area contributed by atoms with Crippen molar-refractivity contribution in [3.8, 4) is 5.75 Å². The molecule has 2 nitrogen and oxygen atoms in total. The maximum Gasteiger partial charge on any atom is 0.165 e. The van der Waals surface area contributed by atoms with Crippen LogP contribution in [0.1, 0.15) is 25.3 Å². The summed E-state index contributed by atoms with van der Waals surface area (Å²) in [6.45, 7) is 3.88. The molecule has 0 bridgehead atoms. The second kappa shape index (κ2) is 5.71. The van der Waals surface area contributed by atoms with Crippen LogP contribution in [0.5, 0.6) is 5.75 Å². The molecule has 0 aromatic heterocycles. The Balaban J connectivity index is 2.53. The van der Waals surface area contributed by atoms with Crippen LogP contribution in [-0.2, 0) is 6.54 Å². The first-order chi connectivity index (χ1) is 7.13. The third-order valence-electron chi connectivity index (χ3n) is 2.36. The van der Waals surface area contributed by atoms with Gasteiger partial charge in [-0.1, -0.05) is 19.4 Å². The molecule has 0 saturated heterocycles. The maximum atomic E-state index is 13.0. The number of halogens is 1. The number of hydrogen-bond donors (Lipinski definition) is 1. The molecule has 0 atom stereocenters. The minimum absolute atomic E-state index is 0.282. The zero-order valence-corrected chi connectivity index (χ0v) is 9.33. The molecule has 0 unspecified atom stereocenters. The molecule has 1 N–H and O–H groups in total. The van der Waals surface area contributed by atoms with E-state index in [9.17, 15) is 4.39 Å². The smallest absolute Gasteiger partial charge is 0.165 e. The van der Waals surface area contributed by atoms with Crippen LogP contribution in [0.15, 0.2) is 18.2 Å². The van der Waals surface area contributed by atoms with Crippen LogP contribution in [0.3, 0.4) is 0 Å². The molecule has 0 fully saturated rings. The molecule has 0 aliphatic carbocycles. The fourth-order valence-electron chi connectivity index (χ4n) is 1.47. The fourth-order valence-corrected chi connectivity index (χ4v) is 1.47. The zero-order chi connectivity index (χ0) is 11.3. The van der Waals surface area contributed by atoms with Gasteiger partial charge < -0.3 is 10.0 Å². The van der Waals surface area contributed by atoms with Crippen molar-refractivity contribution in [2.75, 3.05) is 13.6 Å². The summed E-state index contributed by atoms with van der Waals surface area (Å²) in [5, 5.41) is 9.03. The Hall–Kier alpha value is -1.09. The van der Waals surface area contributed by atoms with Gasteiger partial charge in [0, 0.05) is 6.54 Å². The lowest BCUT2D eigenvalue weighted by Gasteiger charge is -2.16. The van der Waals surface area contributed by atoms with E-state index in [2.05, 4.69) is 11.8 Å². The van der Waals surface area contributed by atoms with Crippen LogP contribution in [0.25, 0.3) is 0 Å². The van der Waals surface area contributed by atoms with Gasteiger partial charge in [0.2, 0.25) is 0 Å². The summed E-state index contributed by atoms with van der Waals surface area (Å²) in [6, 6.07) is 4.54. The molecule has 1 aromatic carbocycles. The first-order valence-electron chi connectivity index (χ1n) is 5.29. The highest BCUT2D eigenvalue weighted by Crippen LogP contribution is 2.17. The van der Waals surface area contributed by atoms with Crippen molar-refractivity contribution >= 4 is 0 Å². The highest BCUT2D eigenvalue weighted by atomic mass is 19.1. The molecule has 0 radical (unpaired) electrons. The van der Waals surface area contributed by atoms with Crippen LogP contribution >= 0.6 is 0 Å². The van der Waals surface area contributed by atoms with E-state index in [0.717, 1.165) is 31.5 Å². The molecule has 0 amide bonds. The summed E-state index contributed by atoms with van der Waals surface area (Å²) in [7, 11) is 2.01. The molecule has 1 rings (SSSR count). The van der Waals surface area contributed by atoms with E-state index >= 15 is 0 Å². The topological polar surface area (TPSA) is 23.5 Å². The highest BCUT2D eigenvalue weighted by Gasteiger charge is 2.04. The van der Waals surface area contributed by atoms with Crippen molar-refractivity contribution in [2.24, 2.45) is 0 Å². The van der Waals surface area contributed by atoms with Crippen LogP contribution in [-0.4, -0.2) is 23.6 Å². The molecule has 0 saturated carbocycles. The van der Waals surface area contributed by atoms with Gasteiger partial charge in [0.05, 0.1) is 0 Å². The highest BCUT2D eigenvalue weighted by molar-refractivity contribution is 5.27. The van der Waals surface area contributed by atoms with Crippen molar-refractivity contribution in [2.45, 2.75) is 26.3 Å². The van der Waals surface area contributed by atoms with E-state index < -0.39 is 5.82 Å². The lowest BCUT2D eigenvalue weighted by molar-refractivity contribution is 0.320. The van der Waals surface area contributed by atoms with E-state index in [0.29, 0.717) is 0 Å². The number of benzene rings is 1. The standard InChI is InChI=1S/C12H18FNO/c1-3-4-7-14(2)9-10-5-6-12(15)11(13)8-10/h5-6,8,15H,3-4,7,9H2,1-2H3. The van der Waals surface area contributed by atoms with Gasteiger partial charge >= 0.3 is 0 Å². The van der Waals surface area contributed by atoms with Gasteiger partial charge in [0.15, 0.2) is 11.6 Å². The number of nitrogens with zero attached hydrogens (tertiary/aromatic N) is 1. The SMILES string of the molecule is CCCCN(C)Cc1ccc(O)c(F)c1. The molecular weight excluding hydrogens is 193 g/mol. The van der Waals surface area contributed by atoms with Crippen LogP contribution in [0.2, 0.25) is 0 Å². The molecule has 84 valence electrons. The lowest BCUT2D eigenvalue weighted by Crippen LogP contribution is -2.18. The molecule has 0 aliphatic rings. The fraction of sp³-hybridized carbons (Fsp3) is 0.500. The Kier molecular flexibility index (Phi) is 4.56. The van der Waals surface area contributed by atoms with Gasteiger partial charge in [0.25, 0.3) is 0 Å². The van der Waals surface area contributed by atoms with Crippen molar-refractivity contribution < 1.29 is 9.50 Å². The molecule has 0 aliphatic heterocycles.